The molecule has 5 nitrogen and oxygen atoms in total. The molecule has 146 valence electrons. The van der Waals surface area contributed by atoms with Crippen molar-refractivity contribution in [2.75, 3.05) is 6.54 Å². The number of hydrogen-bond donors (Lipinski definition) is 0. The summed E-state index contributed by atoms with van der Waals surface area (Å²) >= 11 is 1.79. The van der Waals surface area contributed by atoms with Crippen LogP contribution in [0.4, 0.5) is 0 Å². The van der Waals surface area contributed by atoms with Crippen LogP contribution in [0, 0.1) is 13.8 Å². The maximum Gasteiger partial charge on any atom is 0.246 e. The largest absolute Gasteiger partial charge is 0.334 e. The Hall–Kier alpha value is -2.60. The first kappa shape index (κ1) is 18.7. The second-order valence-corrected chi connectivity index (χ2v) is 8.60. The molecule has 0 atom stereocenters. The van der Waals surface area contributed by atoms with Crippen LogP contribution in [0.2, 0.25) is 0 Å². The second-order valence-electron chi connectivity index (χ2n) is 7.60. The number of rotatable bonds is 4. The van der Waals surface area contributed by atoms with Crippen LogP contribution in [0.3, 0.4) is 0 Å². The zero-order valence-electron chi connectivity index (χ0n) is 16.8. The molecule has 1 aliphatic rings. The van der Waals surface area contributed by atoms with Gasteiger partial charge in [-0.05, 0) is 68.8 Å². The summed E-state index contributed by atoms with van der Waals surface area (Å²) in [5, 5.41) is 6.57. The number of fused-ring (bicyclic) bond motifs is 1. The molecule has 1 aliphatic heterocycles. The van der Waals surface area contributed by atoms with Gasteiger partial charge in [0.25, 0.3) is 0 Å². The normalized spacial score (nSPS) is 14.2. The summed E-state index contributed by atoms with van der Waals surface area (Å²) in [7, 11) is 0. The Morgan fingerprint density at radius 1 is 1.29 bits per heavy atom. The van der Waals surface area contributed by atoms with E-state index in [0.717, 1.165) is 35.7 Å². The lowest BCUT2D eigenvalue weighted by Gasteiger charge is -2.25. The van der Waals surface area contributed by atoms with Gasteiger partial charge in [0.2, 0.25) is 5.91 Å². The van der Waals surface area contributed by atoms with Crippen LogP contribution in [0.1, 0.15) is 47.3 Å². The van der Waals surface area contributed by atoms with Crippen LogP contribution >= 0.6 is 11.3 Å². The highest BCUT2D eigenvalue weighted by Crippen LogP contribution is 2.25. The molecule has 0 bridgehead atoms. The van der Waals surface area contributed by atoms with E-state index in [1.54, 1.807) is 17.4 Å². The summed E-state index contributed by atoms with van der Waals surface area (Å²) in [5.41, 5.74) is 4.60. The molecule has 3 aromatic rings. The Morgan fingerprint density at radius 3 is 2.89 bits per heavy atom. The molecule has 0 aromatic carbocycles. The number of carbonyl (C=O) groups excluding carboxylic acids is 1. The summed E-state index contributed by atoms with van der Waals surface area (Å²) in [6.07, 6.45) is 6.45. The number of aryl methyl sites for hydroxylation is 1. The molecule has 0 saturated heterocycles. The molecule has 6 heteroatoms. The lowest BCUT2D eigenvalue weighted by Crippen LogP contribution is -2.34. The molecular weight excluding hydrogens is 368 g/mol. The van der Waals surface area contributed by atoms with Crippen molar-refractivity contribution in [3.05, 3.63) is 63.2 Å². The van der Waals surface area contributed by atoms with Gasteiger partial charge in [0, 0.05) is 47.5 Å². The molecule has 3 aromatic heterocycles. The second kappa shape index (κ2) is 7.43. The number of carbonyl (C=O) groups is 1. The van der Waals surface area contributed by atoms with Crippen LogP contribution < -0.4 is 0 Å². The standard InChI is InChI=1S/C22H26N4OS/c1-15(2)26-21(7-10-23-26)25-16(3)13-18(17(25)4)5-6-22(27)24-11-8-20-19(14-24)9-12-28-20/h5-7,9-10,12-13,15H,8,11,14H2,1-4H3. The average Bonchev–Trinajstić information content (AvgIpc) is 3.38. The van der Waals surface area contributed by atoms with Gasteiger partial charge in [0.1, 0.15) is 5.82 Å². The first-order valence-corrected chi connectivity index (χ1v) is 10.6. The molecule has 4 rings (SSSR count). The highest BCUT2D eigenvalue weighted by atomic mass is 32.1. The van der Waals surface area contributed by atoms with Crippen molar-refractivity contribution in [2.24, 2.45) is 0 Å². The molecule has 4 heterocycles. The van der Waals surface area contributed by atoms with Crippen LogP contribution in [0.25, 0.3) is 11.9 Å². The van der Waals surface area contributed by atoms with Gasteiger partial charge in [0.05, 0.1) is 6.20 Å². The third kappa shape index (κ3) is 3.33. The van der Waals surface area contributed by atoms with Crippen LogP contribution in [-0.2, 0) is 17.8 Å². The minimum absolute atomic E-state index is 0.0777. The zero-order valence-corrected chi connectivity index (χ0v) is 17.7. The Balaban J connectivity index is 1.56. The predicted octanol–water partition coefficient (Wildman–Crippen LogP) is 4.53. The molecule has 0 unspecified atom stereocenters. The van der Waals surface area contributed by atoms with Crippen LogP contribution in [0.15, 0.2) is 35.9 Å². The van der Waals surface area contributed by atoms with Gasteiger partial charge < -0.3 is 9.47 Å². The van der Waals surface area contributed by atoms with Crippen molar-refractivity contribution in [3.63, 3.8) is 0 Å². The molecule has 28 heavy (non-hydrogen) atoms. The van der Waals surface area contributed by atoms with Crippen molar-refractivity contribution >= 4 is 23.3 Å². The monoisotopic (exact) mass is 394 g/mol. The topological polar surface area (TPSA) is 43.1 Å². The summed E-state index contributed by atoms with van der Waals surface area (Å²) in [5.74, 6) is 1.13. The van der Waals surface area contributed by atoms with E-state index in [-0.39, 0.29) is 11.9 Å². The first-order chi connectivity index (χ1) is 13.5. The molecule has 0 saturated carbocycles. The molecule has 0 aliphatic carbocycles. The highest BCUT2D eigenvalue weighted by molar-refractivity contribution is 7.10. The predicted molar refractivity (Wildman–Crippen MR) is 114 cm³/mol. The van der Waals surface area contributed by atoms with E-state index in [4.69, 9.17) is 0 Å². The van der Waals surface area contributed by atoms with Crippen molar-refractivity contribution in [1.82, 2.24) is 19.2 Å². The fourth-order valence-electron chi connectivity index (χ4n) is 3.89. The lowest BCUT2D eigenvalue weighted by molar-refractivity contribution is -0.126. The molecule has 0 radical (unpaired) electrons. The van der Waals surface area contributed by atoms with Gasteiger partial charge in [-0.3, -0.25) is 4.79 Å². The van der Waals surface area contributed by atoms with Gasteiger partial charge in [0.15, 0.2) is 0 Å². The smallest absolute Gasteiger partial charge is 0.246 e. The van der Waals surface area contributed by atoms with Gasteiger partial charge in [-0.2, -0.15) is 5.10 Å². The fourth-order valence-corrected chi connectivity index (χ4v) is 4.78. The molecule has 0 N–H and O–H groups in total. The van der Waals surface area contributed by atoms with E-state index < -0.39 is 0 Å². The summed E-state index contributed by atoms with van der Waals surface area (Å²) < 4.78 is 4.22. The van der Waals surface area contributed by atoms with Gasteiger partial charge in [-0.15, -0.1) is 11.3 Å². The van der Waals surface area contributed by atoms with E-state index >= 15 is 0 Å². The SMILES string of the molecule is Cc1cc(C=CC(=O)N2CCc3sccc3C2)c(C)n1-c1ccnn1C(C)C. The quantitative estimate of drug-likeness (QED) is 0.610. The van der Waals surface area contributed by atoms with Crippen molar-refractivity contribution in [2.45, 2.75) is 46.7 Å². The molecular formula is C22H26N4OS. The lowest BCUT2D eigenvalue weighted by atomic mass is 10.1. The maximum absolute atomic E-state index is 12.7. The van der Waals surface area contributed by atoms with E-state index in [9.17, 15) is 4.79 Å². The molecule has 1 amide bonds. The fraction of sp³-hybridized carbons (Fsp3) is 0.364. The molecule has 0 spiro atoms. The molecule has 0 fully saturated rings. The number of thiophene rings is 1. The summed E-state index contributed by atoms with van der Waals surface area (Å²) in [4.78, 5) is 16.0. The van der Waals surface area contributed by atoms with Gasteiger partial charge in [-0.1, -0.05) is 0 Å². The Bertz CT molecular complexity index is 1040. The summed E-state index contributed by atoms with van der Waals surface area (Å²) in [6, 6.07) is 6.58. The number of hydrogen-bond acceptors (Lipinski definition) is 3. The zero-order chi connectivity index (χ0) is 19.8. The summed E-state index contributed by atoms with van der Waals surface area (Å²) in [6.45, 7) is 9.95. The third-order valence-corrected chi connectivity index (χ3v) is 6.39. The number of aromatic nitrogens is 3. The number of nitrogens with zero attached hydrogens (tertiary/aromatic N) is 4. The van der Waals surface area contributed by atoms with Gasteiger partial charge >= 0.3 is 0 Å². The Labute approximate surface area is 169 Å². The van der Waals surface area contributed by atoms with E-state index in [2.05, 4.69) is 54.9 Å². The van der Waals surface area contributed by atoms with E-state index in [0.29, 0.717) is 6.54 Å². The van der Waals surface area contributed by atoms with Crippen molar-refractivity contribution in [3.8, 4) is 5.82 Å². The Morgan fingerprint density at radius 2 is 2.11 bits per heavy atom. The first-order valence-electron chi connectivity index (χ1n) is 9.70. The maximum atomic E-state index is 12.7. The Kier molecular flexibility index (Phi) is 4.98. The minimum atomic E-state index is 0.0777. The number of amides is 1. The van der Waals surface area contributed by atoms with Crippen LogP contribution in [-0.4, -0.2) is 31.7 Å². The van der Waals surface area contributed by atoms with E-state index in [1.807, 2.05) is 27.9 Å². The van der Waals surface area contributed by atoms with E-state index in [1.165, 1.54) is 10.4 Å². The average molecular weight is 395 g/mol. The van der Waals surface area contributed by atoms with Crippen molar-refractivity contribution < 1.29 is 4.79 Å². The van der Waals surface area contributed by atoms with Gasteiger partial charge in [-0.25, -0.2) is 4.68 Å². The minimum Gasteiger partial charge on any atom is -0.334 e. The highest BCUT2D eigenvalue weighted by Gasteiger charge is 2.20. The van der Waals surface area contributed by atoms with Crippen molar-refractivity contribution in [1.29, 1.82) is 0 Å². The third-order valence-electron chi connectivity index (χ3n) is 5.36. The van der Waals surface area contributed by atoms with Crippen LogP contribution in [0.5, 0.6) is 0 Å².